The second kappa shape index (κ2) is 5.52. The Kier molecular flexibility index (Phi) is 3.41. The number of hydrogen-bond acceptors (Lipinski definition) is 4. The summed E-state index contributed by atoms with van der Waals surface area (Å²) in [5.74, 6) is 0.581. The van der Waals surface area contributed by atoms with Gasteiger partial charge in [0.15, 0.2) is 0 Å². The number of benzene rings is 1. The van der Waals surface area contributed by atoms with E-state index in [2.05, 4.69) is 31.8 Å². The molecule has 0 atom stereocenters. The van der Waals surface area contributed by atoms with Crippen LogP contribution in [0.4, 0.5) is 11.6 Å². The first-order valence-electron chi connectivity index (χ1n) is 6.52. The van der Waals surface area contributed by atoms with Crippen molar-refractivity contribution in [2.45, 2.75) is 13.5 Å². The molecule has 0 saturated heterocycles. The molecule has 3 aromatic rings. The normalized spacial score (nSPS) is 10.4. The number of para-hydroxylation sites is 1. The molecule has 0 amide bonds. The zero-order valence-electron chi connectivity index (χ0n) is 11.2. The highest BCUT2D eigenvalue weighted by Crippen LogP contribution is 2.19. The van der Waals surface area contributed by atoms with Crippen LogP contribution in [0.15, 0.2) is 55.1 Å². The maximum atomic E-state index is 4.54. The van der Waals surface area contributed by atoms with Crippen LogP contribution in [-0.2, 0) is 6.54 Å². The van der Waals surface area contributed by atoms with Gasteiger partial charge in [-0.25, -0.2) is 15.0 Å². The van der Waals surface area contributed by atoms with Gasteiger partial charge < -0.3 is 9.88 Å². The highest BCUT2D eigenvalue weighted by Gasteiger charge is 2.07. The molecule has 1 N–H and O–H groups in total. The summed E-state index contributed by atoms with van der Waals surface area (Å²) < 4.78 is 2.05. The van der Waals surface area contributed by atoms with E-state index in [0.717, 1.165) is 23.6 Å². The van der Waals surface area contributed by atoms with Crippen LogP contribution in [0.25, 0.3) is 11.4 Å². The summed E-state index contributed by atoms with van der Waals surface area (Å²) >= 11 is 0. The molecular formula is C15H15N5. The molecule has 0 spiro atoms. The van der Waals surface area contributed by atoms with Crippen molar-refractivity contribution >= 4 is 11.6 Å². The number of aromatic nitrogens is 4. The van der Waals surface area contributed by atoms with Gasteiger partial charge in [0, 0.05) is 18.4 Å². The van der Waals surface area contributed by atoms with Crippen molar-refractivity contribution in [3.63, 3.8) is 0 Å². The van der Waals surface area contributed by atoms with Gasteiger partial charge in [-0.15, -0.1) is 0 Å². The van der Waals surface area contributed by atoms with Gasteiger partial charge >= 0.3 is 0 Å². The van der Waals surface area contributed by atoms with Gasteiger partial charge in [-0.2, -0.15) is 0 Å². The monoisotopic (exact) mass is 265 g/mol. The van der Waals surface area contributed by atoms with E-state index >= 15 is 0 Å². The van der Waals surface area contributed by atoms with Gasteiger partial charge in [0.2, 0.25) is 5.95 Å². The molecule has 2 heterocycles. The molecule has 1 aromatic carbocycles. The first-order valence-corrected chi connectivity index (χ1v) is 6.52. The first-order chi connectivity index (χ1) is 9.86. The molecule has 0 aliphatic carbocycles. The van der Waals surface area contributed by atoms with Crippen LogP contribution in [0.3, 0.4) is 0 Å². The number of rotatable bonds is 4. The van der Waals surface area contributed by atoms with Gasteiger partial charge in [0.05, 0.1) is 23.9 Å². The van der Waals surface area contributed by atoms with E-state index in [0.29, 0.717) is 5.95 Å². The summed E-state index contributed by atoms with van der Waals surface area (Å²) in [5.41, 5.74) is 2.82. The average Bonchev–Trinajstić information content (AvgIpc) is 2.97. The third kappa shape index (κ3) is 2.51. The summed E-state index contributed by atoms with van der Waals surface area (Å²) in [4.78, 5) is 12.9. The van der Waals surface area contributed by atoms with Crippen molar-refractivity contribution in [1.29, 1.82) is 0 Å². The Morgan fingerprint density at radius 1 is 1.15 bits per heavy atom. The van der Waals surface area contributed by atoms with Crippen molar-refractivity contribution in [3.8, 4) is 11.4 Å². The molecule has 20 heavy (non-hydrogen) atoms. The van der Waals surface area contributed by atoms with Gasteiger partial charge in [-0.1, -0.05) is 18.2 Å². The molecule has 100 valence electrons. The molecule has 0 aliphatic rings. The Hall–Kier alpha value is -2.69. The predicted octanol–water partition coefficient (Wildman–Crippen LogP) is 3.10. The Balaban J connectivity index is 1.90. The third-order valence-corrected chi connectivity index (χ3v) is 3.00. The predicted molar refractivity (Wildman–Crippen MR) is 78.7 cm³/mol. The van der Waals surface area contributed by atoms with Crippen molar-refractivity contribution < 1.29 is 0 Å². The molecule has 3 rings (SSSR count). The van der Waals surface area contributed by atoms with E-state index in [4.69, 9.17) is 0 Å². The van der Waals surface area contributed by atoms with Crippen molar-refractivity contribution in [2.75, 3.05) is 5.32 Å². The average molecular weight is 265 g/mol. The van der Waals surface area contributed by atoms with Gasteiger partial charge in [-0.05, 0) is 25.1 Å². The fourth-order valence-electron chi connectivity index (χ4n) is 2.00. The molecule has 0 saturated carbocycles. The summed E-state index contributed by atoms with van der Waals surface area (Å²) in [6.07, 6.45) is 5.38. The topological polar surface area (TPSA) is 55.6 Å². The van der Waals surface area contributed by atoms with E-state index in [-0.39, 0.29) is 0 Å². The number of hydrogen-bond donors (Lipinski definition) is 1. The van der Waals surface area contributed by atoms with Crippen LogP contribution in [0.1, 0.15) is 6.92 Å². The molecule has 0 radical (unpaired) electrons. The fourth-order valence-corrected chi connectivity index (χ4v) is 2.00. The van der Waals surface area contributed by atoms with Crippen LogP contribution in [0, 0.1) is 0 Å². The zero-order valence-corrected chi connectivity index (χ0v) is 11.2. The lowest BCUT2D eigenvalue weighted by Crippen LogP contribution is -2.00. The lowest BCUT2D eigenvalue weighted by Gasteiger charge is -2.07. The van der Waals surface area contributed by atoms with Gasteiger partial charge in [0.1, 0.15) is 0 Å². The van der Waals surface area contributed by atoms with Crippen LogP contribution in [0.5, 0.6) is 0 Å². The number of nitrogens with one attached hydrogen (secondary N) is 1. The van der Waals surface area contributed by atoms with E-state index in [9.17, 15) is 0 Å². The zero-order chi connectivity index (χ0) is 13.8. The lowest BCUT2D eigenvalue weighted by atomic mass is 10.3. The molecule has 0 bridgehead atoms. The minimum atomic E-state index is 0.581. The van der Waals surface area contributed by atoms with Crippen LogP contribution in [0.2, 0.25) is 0 Å². The van der Waals surface area contributed by atoms with Crippen molar-refractivity contribution in [2.24, 2.45) is 0 Å². The highest BCUT2D eigenvalue weighted by molar-refractivity contribution is 5.58. The Labute approximate surface area is 117 Å². The standard InChI is InChI=1S/C15H15N5/c1-2-20-11-16-10-14(20)13-8-9-17-15(19-13)18-12-6-4-3-5-7-12/h3-11H,2H2,1H3,(H,17,18,19). The summed E-state index contributed by atoms with van der Waals surface area (Å²) in [5, 5.41) is 3.19. The third-order valence-electron chi connectivity index (χ3n) is 3.00. The maximum Gasteiger partial charge on any atom is 0.227 e. The Morgan fingerprint density at radius 3 is 2.80 bits per heavy atom. The molecular weight excluding hydrogens is 250 g/mol. The number of imidazole rings is 1. The molecule has 0 unspecified atom stereocenters. The second-order valence-electron chi connectivity index (χ2n) is 4.32. The smallest absolute Gasteiger partial charge is 0.227 e. The largest absolute Gasteiger partial charge is 0.330 e. The number of anilines is 2. The first kappa shape index (κ1) is 12.3. The maximum absolute atomic E-state index is 4.54. The van der Waals surface area contributed by atoms with Crippen molar-refractivity contribution in [3.05, 3.63) is 55.1 Å². The van der Waals surface area contributed by atoms with E-state index in [1.807, 2.05) is 48.9 Å². The van der Waals surface area contributed by atoms with E-state index in [1.54, 1.807) is 6.20 Å². The number of nitrogens with zero attached hydrogens (tertiary/aromatic N) is 4. The second-order valence-corrected chi connectivity index (χ2v) is 4.32. The number of aryl methyl sites for hydroxylation is 1. The van der Waals surface area contributed by atoms with Crippen LogP contribution >= 0.6 is 0 Å². The lowest BCUT2D eigenvalue weighted by molar-refractivity contribution is 0.766. The van der Waals surface area contributed by atoms with Crippen molar-refractivity contribution in [1.82, 2.24) is 19.5 Å². The quantitative estimate of drug-likeness (QED) is 0.787. The highest BCUT2D eigenvalue weighted by atomic mass is 15.1. The molecule has 5 nitrogen and oxygen atoms in total. The molecule has 0 fully saturated rings. The van der Waals surface area contributed by atoms with Crippen LogP contribution < -0.4 is 5.32 Å². The summed E-state index contributed by atoms with van der Waals surface area (Å²) in [6, 6.07) is 11.8. The Bertz CT molecular complexity index is 690. The SMILES string of the molecule is CCn1cncc1-c1ccnc(Nc2ccccc2)n1. The van der Waals surface area contributed by atoms with Gasteiger partial charge in [0.25, 0.3) is 0 Å². The molecule has 0 aliphatic heterocycles. The summed E-state index contributed by atoms with van der Waals surface area (Å²) in [6.45, 7) is 2.94. The fraction of sp³-hybridized carbons (Fsp3) is 0.133. The van der Waals surface area contributed by atoms with Crippen LogP contribution in [-0.4, -0.2) is 19.5 Å². The molecule has 5 heteroatoms. The molecule has 2 aromatic heterocycles. The van der Waals surface area contributed by atoms with E-state index in [1.165, 1.54) is 0 Å². The van der Waals surface area contributed by atoms with Gasteiger partial charge in [-0.3, -0.25) is 0 Å². The minimum Gasteiger partial charge on any atom is -0.330 e. The Morgan fingerprint density at radius 2 is 2.00 bits per heavy atom. The summed E-state index contributed by atoms with van der Waals surface area (Å²) in [7, 11) is 0. The minimum absolute atomic E-state index is 0.581. The van der Waals surface area contributed by atoms with E-state index < -0.39 is 0 Å².